The average Bonchev–Trinajstić information content (AvgIpc) is 3.49. The Labute approximate surface area is 186 Å². The highest BCUT2D eigenvalue weighted by Crippen LogP contribution is 2.28. The van der Waals surface area contributed by atoms with E-state index in [1.165, 1.54) is 24.6 Å². The second-order valence-electron chi connectivity index (χ2n) is 6.41. The van der Waals surface area contributed by atoms with E-state index in [0.717, 1.165) is 17.3 Å². The number of hydrazone groups is 1. The third-order valence-electron chi connectivity index (χ3n) is 4.23. The lowest BCUT2D eigenvalue weighted by atomic mass is 10.2. The summed E-state index contributed by atoms with van der Waals surface area (Å²) in [6.07, 6.45) is 3.00. The highest BCUT2D eigenvalue weighted by atomic mass is 32.2. The average molecular weight is 446 g/mol. The van der Waals surface area contributed by atoms with Crippen LogP contribution in [0.3, 0.4) is 0 Å². The van der Waals surface area contributed by atoms with Gasteiger partial charge in [-0.05, 0) is 54.1 Å². The van der Waals surface area contributed by atoms with Crippen molar-refractivity contribution in [2.75, 3.05) is 5.75 Å². The third kappa shape index (κ3) is 4.91. The van der Waals surface area contributed by atoms with Gasteiger partial charge in [0.1, 0.15) is 5.82 Å². The molecule has 158 valence electrons. The number of carbonyl (C=O) groups is 1. The van der Waals surface area contributed by atoms with Gasteiger partial charge in [-0.25, -0.2) is 9.82 Å². The number of carbonyl (C=O) groups excluding carboxylic acids is 1. The molecule has 0 spiro atoms. The van der Waals surface area contributed by atoms with Gasteiger partial charge in [0, 0.05) is 0 Å². The first-order valence-corrected chi connectivity index (χ1v) is 10.3. The maximum atomic E-state index is 13.4. The third-order valence-corrected chi connectivity index (χ3v) is 5.16. The minimum Gasteiger partial charge on any atom is -0.461 e. The standard InChI is InChI=1S/C22H15FN6O2S/c23-17-7-9-18(10-8-17)29-21(19-2-1-11-31-19)27-28-22(29)32-14-20(30)26-25-13-16-5-3-15(12-24)4-6-16/h1-11,13H,14H2,(H,26,30). The van der Waals surface area contributed by atoms with E-state index in [1.807, 2.05) is 6.07 Å². The van der Waals surface area contributed by atoms with E-state index in [9.17, 15) is 9.18 Å². The highest BCUT2D eigenvalue weighted by Gasteiger charge is 2.19. The molecule has 1 N–H and O–H groups in total. The Balaban J connectivity index is 1.45. The molecule has 10 heteroatoms. The fourth-order valence-electron chi connectivity index (χ4n) is 2.74. The van der Waals surface area contributed by atoms with Gasteiger partial charge in [0.25, 0.3) is 5.91 Å². The van der Waals surface area contributed by atoms with Crippen molar-refractivity contribution in [3.05, 3.63) is 83.9 Å². The SMILES string of the molecule is N#Cc1ccc(C=NNC(=O)CSc2nnc(-c3ccco3)n2-c2ccc(F)cc2)cc1. The van der Waals surface area contributed by atoms with Gasteiger partial charge in [-0.3, -0.25) is 9.36 Å². The normalized spacial score (nSPS) is 10.9. The summed E-state index contributed by atoms with van der Waals surface area (Å²) >= 11 is 1.16. The van der Waals surface area contributed by atoms with Crippen molar-refractivity contribution in [1.29, 1.82) is 5.26 Å². The summed E-state index contributed by atoms with van der Waals surface area (Å²) < 4.78 is 20.5. The number of benzene rings is 2. The predicted molar refractivity (Wildman–Crippen MR) is 117 cm³/mol. The van der Waals surface area contributed by atoms with E-state index < -0.39 is 0 Å². The molecule has 1 amide bonds. The van der Waals surface area contributed by atoms with Crippen molar-refractivity contribution >= 4 is 23.9 Å². The first-order chi connectivity index (χ1) is 15.6. The molecule has 4 aromatic rings. The molecule has 0 atom stereocenters. The number of amides is 1. The molecule has 32 heavy (non-hydrogen) atoms. The fraction of sp³-hybridized carbons (Fsp3) is 0.0455. The van der Waals surface area contributed by atoms with Crippen molar-refractivity contribution in [2.45, 2.75) is 5.16 Å². The van der Waals surface area contributed by atoms with Crippen molar-refractivity contribution < 1.29 is 13.6 Å². The van der Waals surface area contributed by atoms with E-state index in [1.54, 1.807) is 53.1 Å². The van der Waals surface area contributed by atoms with Crippen LogP contribution in [0.2, 0.25) is 0 Å². The van der Waals surface area contributed by atoms with Crippen LogP contribution in [0.4, 0.5) is 4.39 Å². The lowest BCUT2D eigenvalue weighted by Crippen LogP contribution is -2.20. The fourth-order valence-corrected chi connectivity index (χ4v) is 3.48. The van der Waals surface area contributed by atoms with Gasteiger partial charge in [-0.2, -0.15) is 10.4 Å². The molecule has 0 saturated heterocycles. The molecule has 0 unspecified atom stereocenters. The number of nitriles is 1. The largest absolute Gasteiger partial charge is 0.461 e. The Bertz CT molecular complexity index is 1280. The predicted octanol–water partition coefficient (Wildman–Crippen LogP) is 3.78. The summed E-state index contributed by atoms with van der Waals surface area (Å²) in [5.41, 5.74) is 4.37. The van der Waals surface area contributed by atoms with E-state index in [-0.39, 0.29) is 17.5 Å². The number of nitrogens with one attached hydrogen (secondary N) is 1. The Kier molecular flexibility index (Phi) is 6.38. The van der Waals surface area contributed by atoms with Crippen molar-refractivity contribution in [1.82, 2.24) is 20.2 Å². The number of thioether (sulfide) groups is 1. The topological polar surface area (TPSA) is 109 Å². The minimum atomic E-state index is -0.366. The summed E-state index contributed by atoms with van der Waals surface area (Å²) in [4.78, 5) is 12.2. The van der Waals surface area contributed by atoms with Crippen molar-refractivity contribution in [3.63, 3.8) is 0 Å². The molecule has 2 aromatic carbocycles. The van der Waals surface area contributed by atoms with Gasteiger partial charge in [0.2, 0.25) is 5.82 Å². The molecule has 0 saturated carbocycles. The van der Waals surface area contributed by atoms with Crippen LogP contribution >= 0.6 is 11.8 Å². The van der Waals surface area contributed by atoms with Crippen LogP contribution in [-0.2, 0) is 4.79 Å². The summed E-state index contributed by atoms with van der Waals surface area (Å²) in [6, 6.07) is 18.1. The molecule has 8 nitrogen and oxygen atoms in total. The zero-order valence-corrected chi connectivity index (χ0v) is 17.3. The van der Waals surface area contributed by atoms with Crippen LogP contribution in [0.25, 0.3) is 17.3 Å². The van der Waals surface area contributed by atoms with E-state index >= 15 is 0 Å². The second kappa shape index (κ2) is 9.72. The monoisotopic (exact) mass is 446 g/mol. The molecule has 0 aliphatic carbocycles. The van der Waals surface area contributed by atoms with E-state index in [0.29, 0.717) is 28.0 Å². The molecule has 4 rings (SSSR count). The number of furan rings is 1. The van der Waals surface area contributed by atoms with Crippen molar-refractivity contribution in [2.24, 2.45) is 5.10 Å². The van der Waals surface area contributed by atoms with Gasteiger partial charge in [0.05, 0.1) is 35.6 Å². The molecule has 0 fully saturated rings. The number of aromatic nitrogens is 3. The number of hydrogen-bond donors (Lipinski definition) is 1. The van der Waals surface area contributed by atoms with Crippen LogP contribution in [0.15, 0.2) is 81.6 Å². The Morgan fingerprint density at radius 1 is 1.19 bits per heavy atom. The summed E-state index contributed by atoms with van der Waals surface area (Å²) in [7, 11) is 0. The highest BCUT2D eigenvalue weighted by molar-refractivity contribution is 7.99. The first kappa shape index (κ1) is 21.0. The zero-order valence-electron chi connectivity index (χ0n) is 16.5. The molecular formula is C22H15FN6O2S. The Morgan fingerprint density at radius 2 is 1.97 bits per heavy atom. The molecule has 2 aromatic heterocycles. The van der Waals surface area contributed by atoms with Crippen LogP contribution < -0.4 is 5.43 Å². The maximum Gasteiger partial charge on any atom is 0.250 e. The Morgan fingerprint density at radius 3 is 2.66 bits per heavy atom. The van der Waals surface area contributed by atoms with Crippen LogP contribution in [0, 0.1) is 17.1 Å². The first-order valence-electron chi connectivity index (χ1n) is 9.34. The molecular weight excluding hydrogens is 431 g/mol. The van der Waals surface area contributed by atoms with Gasteiger partial charge < -0.3 is 4.42 Å². The summed E-state index contributed by atoms with van der Waals surface area (Å²) in [5.74, 6) is 0.249. The van der Waals surface area contributed by atoms with Gasteiger partial charge >= 0.3 is 0 Å². The lowest BCUT2D eigenvalue weighted by Gasteiger charge is -2.09. The molecule has 0 bridgehead atoms. The minimum absolute atomic E-state index is 0.0300. The maximum absolute atomic E-state index is 13.4. The van der Waals surface area contributed by atoms with Gasteiger partial charge in [-0.15, -0.1) is 10.2 Å². The van der Waals surface area contributed by atoms with E-state index in [4.69, 9.17) is 9.68 Å². The number of hydrogen-bond acceptors (Lipinski definition) is 7. The Hall–Kier alpha value is -4.23. The second-order valence-corrected chi connectivity index (χ2v) is 7.35. The molecule has 2 heterocycles. The summed E-state index contributed by atoms with van der Waals surface area (Å²) in [5, 5.41) is 21.5. The number of halogens is 1. The lowest BCUT2D eigenvalue weighted by molar-refractivity contribution is -0.118. The van der Waals surface area contributed by atoms with Crippen molar-refractivity contribution in [3.8, 4) is 23.3 Å². The number of rotatable bonds is 7. The van der Waals surface area contributed by atoms with Crippen LogP contribution in [0.5, 0.6) is 0 Å². The summed E-state index contributed by atoms with van der Waals surface area (Å²) in [6.45, 7) is 0. The quantitative estimate of drug-likeness (QED) is 0.263. The number of nitrogens with zero attached hydrogens (tertiary/aromatic N) is 5. The van der Waals surface area contributed by atoms with Gasteiger partial charge in [-0.1, -0.05) is 23.9 Å². The van der Waals surface area contributed by atoms with E-state index in [2.05, 4.69) is 20.7 Å². The molecule has 0 aliphatic rings. The zero-order chi connectivity index (χ0) is 22.3. The molecule has 0 aliphatic heterocycles. The van der Waals surface area contributed by atoms with Crippen LogP contribution in [0.1, 0.15) is 11.1 Å². The molecule has 0 radical (unpaired) electrons. The van der Waals surface area contributed by atoms with Crippen LogP contribution in [-0.4, -0.2) is 32.6 Å². The van der Waals surface area contributed by atoms with Gasteiger partial charge in [0.15, 0.2) is 10.9 Å². The smallest absolute Gasteiger partial charge is 0.250 e.